The van der Waals surface area contributed by atoms with Gasteiger partial charge in [0, 0.05) is 45.0 Å². The van der Waals surface area contributed by atoms with Gasteiger partial charge in [0.15, 0.2) is 5.82 Å². The van der Waals surface area contributed by atoms with E-state index in [1.165, 1.54) is 36.0 Å². The zero-order valence-electron chi connectivity index (χ0n) is 19.8. The van der Waals surface area contributed by atoms with Gasteiger partial charge in [-0.1, -0.05) is 83.0 Å². The Labute approximate surface area is 239 Å². The molecule has 13 heteroatoms. The number of amides is 1. The van der Waals surface area contributed by atoms with Crippen molar-refractivity contribution in [1.82, 2.24) is 24.8 Å². The predicted octanol–water partition coefficient (Wildman–Crippen LogP) is 5.53. The second kappa shape index (κ2) is 13.0. The molecule has 38 heavy (non-hydrogen) atoms. The minimum atomic E-state index is -4.07. The van der Waals surface area contributed by atoms with Gasteiger partial charge in [0.2, 0.25) is 21.1 Å². The molecule has 0 aliphatic carbocycles. The number of rotatable bonds is 11. The van der Waals surface area contributed by atoms with Crippen molar-refractivity contribution in [2.24, 2.45) is 0 Å². The number of H-pyrrole nitrogens is 1. The summed E-state index contributed by atoms with van der Waals surface area (Å²) in [6.07, 6.45) is 0. The molecular formula is C25H22Cl3N5O3S2. The van der Waals surface area contributed by atoms with E-state index in [0.29, 0.717) is 37.4 Å². The number of carbonyl (C=O) groups is 1. The van der Waals surface area contributed by atoms with E-state index in [2.05, 4.69) is 20.5 Å². The molecule has 2 N–H and O–H groups in total. The lowest BCUT2D eigenvalue weighted by atomic mass is 10.2. The fraction of sp³-hybridized carbons (Fsp3) is 0.160. The molecule has 3 aromatic carbocycles. The van der Waals surface area contributed by atoms with Gasteiger partial charge in [-0.25, -0.2) is 13.4 Å². The zero-order chi connectivity index (χ0) is 27.1. The summed E-state index contributed by atoms with van der Waals surface area (Å²) in [5.41, 5.74) is 1.32. The summed E-state index contributed by atoms with van der Waals surface area (Å²) >= 11 is 19.9. The third-order valence-electron chi connectivity index (χ3n) is 5.34. The van der Waals surface area contributed by atoms with Crippen molar-refractivity contribution in [2.75, 3.05) is 18.8 Å². The lowest BCUT2D eigenvalue weighted by Crippen LogP contribution is -2.41. The van der Waals surface area contributed by atoms with Crippen LogP contribution in [0.4, 0.5) is 0 Å². The van der Waals surface area contributed by atoms with E-state index in [1.54, 1.807) is 18.2 Å². The first-order valence-corrected chi connectivity index (χ1v) is 14.9. The van der Waals surface area contributed by atoms with E-state index in [-0.39, 0.29) is 18.0 Å². The monoisotopic (exact) mass is 609 g/mol. The van der Waals surface area contributed by atoms with Gasteiger partial charge in [0.05, 0.1) is 11.4 Å². The number of aromatic amines is 1. The van der Waals surface area contributed by atoms with Crippen LogP contribution in [-0.2, 0) is 21.4 Å². The summed E-state index contributed by atoms with van der Waals surface area (Å²) in [4.78, 5) is 17.2. The highest BCUT2D eigenvalue weighted by Crippen LogP contribution is 2.28. The van der Waals surface area contributed by atoms with Crippen molar-refractivity contribution >= 4 is 62.5 Å². The van der Waals surface area contributed by atoms with Crippen LogP contribution in [0.5, 0.6) is 0 Å². The largest absolute Gasteiger partial charge is 0.354 e. The summed E-state index contributed by atoms with van der Waals surface area (Å²) in [5, 5.41) is 11.4. The molecule has 8 nitrogen and oxygen atoms in total. The predicted molar refractivity (Wildman–Crippen MR) is 151 cm³/mol. The standard InChI is InChI=1S/C25H22Cl3N5O3S2/c26-18-9-11-19(12-10-18)38(35,36)33(15-20-21(27)7-4-8-22(20)28)16-23(34)29-13-14-37-25-30-24(31-32-25)17-5-2-1-3-6-17/h1-12H,13-16H2,(H,29,34)(H,30,31,32). The molecule has 0 aliphatic rings. The summed E-state index contributed by atoms with van der Waals surface area (Å²) in [7, 11) is -4.07. The number of nitrogens with one attached hydrogen (secondary N) is 2. The Morgan fingerprint density at radius 2 is 1.63 bits per heavy atom. The second-order valence-corrected chi connectivity index (χ2v) is 12.2. The first-order chi connectivity index (χ1) is 18.2. The number of hydrogen-bond acceptors (Lipinski definition) is 6. The van der Waals surface area contributed by atoms with Crippen molar-refractivity contribution in [1.29, 1.82) is 0 Å². The smallest absolute Gasteiger partial charge is 0.243 e. The molecule has 1 amide bonds. The molecule has 0 unspecified atom stereocenters. The molecule has 0 atom stereocenters. The third kappa shape index (κ3) is 7.28. The highest BCUT2D eigenvalue weighted by Gasteiger charge is 2.28. The Kier molecular flexibility index (Phi) is 9.69. The molecule has 0 radical (unpaired) electrons. The molecule has 0 fully saturated rings. The van der Waals surface area contributed by atoms with Crippen molar-refractivity contribution in [3.63, 3.8) is 0 Å². The van der Waals surface area contributed by atoms with Crippen molar-refractivity contribution in [3.8, 4) is 11.4 Å². The van der Waals surface area contributed by atoms with Crippen LogP contribution in [0, 0.1) is 0 Å². The molecule has 0 aliphatic heterocycles. The highest BCUT2D eigenvalue weighted by molar-refractivity contribution is 7.99. The normalized spacial score (nSPS) is 11.6. The molecule has 4 rings (SSSR count). The number of benzene rings is 3. The fourth-order valence-electron chi connectivity index (χ4n) is 3.43. The molecule has 0 spiro atoms. The van der Waals surface area contributed by atoms with Gasteiger partial charge in [-0.05, 0) is 36.4 Å². The Morgan fingerprint density at radius 1 is 0.947 bits per heavy atom. The first-order valence-electron chi connectivity index (χ1n) is 11.3. The number of halogens is 3. The van der Waals surface area contributed by atoms with Gasteiger partial charge in [-0.3, -0.25) is 9.89 Å². The van der Waals surface area contributed by atoms with E-state index in [4.69, 9.17) is 34.8 Å². The average Bonchev–Trinajstić information content (AvgIpc) is 3.38. The number of thioether (sulfide) groups is 1. The zero-order valence-corrected chi connectivity index (χ0v) is 23.7. The maximum atomic E-state index is 13.4. The average molecular weight is 611 g/mol. The van der Waals surface area contributed by atoms with Crippen LogP contribution in [-0.4, -0.2) is 52.7 Å². The number of aromatic nitrogens is 3. The summed E-state index contributed by atoms with van der Waals surface area (Å²) < 4.78 is 27.9. The Bertz CT molecular complexity index is 1480. The van der Waals surface area contributed by atoms with Crippen molar-refractivity contribution in [2.45, 2.75) is 16.6 Å². The number of nitrogens with zero attached hydrogens (tertiary/aromatic N) is 3. The molecular weight excluding hydrogens is 589 g/mol. The minimum absolute atomic E-state index is 0.00717. The van der Waals surface area contributed by atoms with Crippen LogP contribution in [0.1, 0.15) is 5.56 Å². The molecule has 0 bridgehead atoms. The van der Waals surface area contributed by atoms with E-state index in [1.807, 2.05) is 30.3 Å². The topological polar surface area (TPSA) is 108 Å². The van der Waals surface area contributed by atoms with Gasteiger partial charge in [-0.15, -0.1) is 5.10 Å². The van der Waals surface area contributed by atoms with Crippen LogP contribution < -0.4 is 5.32 Å². The molecule has 198 valence electrons. The van der Waals surface area contributed by atoms with Gasteiger partial charge < -0.3 is 5.32 Å². The summed E-state index contributed by atoms with van der Waals surface area (Å²) in [6, 6.07) is 20.2. The molecule has 0 saturated carbocycles. The fourth-order valence-corrected chi connectivity index (χ4v) is 6.09. The molecule has 1 heterocycles. The summed E-state index contributed by atoms with van der Waals surface area (Å²) in [6.45, 7) is -0.346. The van der Waals surface area contributed by atoms with Crippen LogP contribution >= 0.6 is 46.6 Å². The maximum absolute atomic E-state index is 13.4. The quantitative estimate of drug-likeness (QED) is 0.171. The van der Waals surface area contributed by atoms with E-state index < -0.39 is 22.5 Å². The van der Waals surface area contributed by atoms with Crippen LogP contribution in [0.2, 0.25) is 15.1 Å². The summed E-state index contributed by atoms with van der Waals surface area (Å²) in [5.74, 6) is 0.655. The molecule has 0 saturated heterocycles. The third-order valence-corrected chi connectivity index (χ3v) is 8.95. The Balaban J connectivity index is 1.40. The van der Waals surface area contributed by atoms with Crippen LogP contribution in [0.15, 0.2) is 82.8 Å². The van der Waals surface area contributed by atoms with Crippen LogP contribution in [0.3, 0.4) is 0 Å². The minimum Gasteiger partial charge on any atom is -0.354 e. The van der Waals surface area contributed by atoms with Crippen molar-refractivity contribution in [3.05, 3.63) is 93.4 Å². The van der Waals surface area contributed by atoms with Crippen molar-refractivity contribution < 1.29 is 13.2 Å². The first kappa shape index (κ1) is 28.4. The Morgan fingerprint density at radius 3 is 2.32 bits per heavy atom. The Hall–Kier alpha value is -2.60. The molecule has 4 aromatic rings. The van der Waals surface area contributed by atoms with Gasteiger partial charge in [0.25, 0.3) is 0 Å². The van der Waals surface area contributed by atoms with E-state index >= 15 is 0 Å². The highest BCUT2D eigenvalue weighted by atomic mass is 35.5. The van der Waals surface area contributed by atoms with E-state index in [9.17, 15) is 13.2 Å². The molecule has 1 aromatic heterocycles. The van der Waals surface area contributed by atoms with Crippen LogP contribution in [0.25, 0.3) is 11.4 Å². The lowest BCUT2D eigenvalue weighted by Gasteiger charge is -2.23. The van der Waals surface area contributed by atoms with Gasteiger partial charge in [0.1, 0.15) is 0 Å². The number of sulfonamides is 1. The van der Waals surface area contributed by atoms with E-state index in [0.717, 1.165) is 9.87 Å². The number of carbonyl (C=O) groups excluding carboxylic acids is 1. The van der Waals surface area contributed by atoms with Gasteiger partial charge in [-0.2, -0.15) is 4.31 Å². The second-order valence-electron chi connectivity index (χ2n) is 7.96. The SMILES string of the molecule is O=C(CN(Cc1c(Cl)cccc1Cl)S(=O)(=O)c1ccc(Cl)cc1)NCCSc1n[nH]c(-c2ccccc2)n1. The maximum Gasteiger partial charge on any atom is 0.243 e. The number of hydrogen-bond donors (Lipinski definition) is 2. The van der Waals surface area contributed by atoms with Gasteiger partial charge >= 0.3 is 0 Å². The lowest BCUT2D eigenvalue weighted by molar-refractivity contribution is -0.121.